The van der Waals surface area contributed by atoms with E-state index in [9.17, 15) is 18.0 Å². The zero-order chi connectivity index (χ0) is 33.5. The third kappa shape index (κ3) is 8.97. The summed E-state index contributed by atoms with van der Waals surface area (Å²) in [6.07, 6.45) is 0.240. The van der Waals surface area contributed by atoms with Crippen molar-refractivity contribution in [2.75, 3.05) is 18.0 Å². The molecule has 2 amide bonds. The summed E-state index contributed by atoms with van der Waals surface area (Å²) in [4.78, 5) is 30.1. The molecule has 0 saturated heterocycles. The lowest BCUT2D eigenvalue weighted by Gasteiger charge is -2.35. The summed E-state index contributed by atoms with van der Waals surface area (Å²) in [5.41, 5.74) is 3.35. The smallest absolute Gasteiger partial charge is 0.264 e. The number of nitrogens with one attached hydrogen (secondary N) is 1. The number of hydrogen-bond acceptors (Lipinski definition) is 5. The van der Waals surface area contributed by atoms with Crippen molar-refractivity contribution in [2.45, 2.75) is 64.1 Å². The zero-order valence-corrected chi connectivity index (χ0v) is 28.2. The van der Waals surface area contributed by atoms with Crippen LogP contribution in [0, 0.1) is 13.8 Å². The first-order valence-corrected chi connectivity index (χ1v) is 16.7. The van der Waals surface area contributed by atoms with Crippen molar-refractivity contribution in [1.82, 2.24) is 10.2 Å². The van der Waals surface area contributed by atoms with Crippen molar-refractivity contribution in [3.8, 4) is 5.75 Å². The number of aryl methyl sites for hydroxylation is 2. The van der Waals surface area contributed by atoms with E-state index in [-0.39, 0.29) is 29.5 Å². The van der Waals surface area contributed by atoms with Crippen molar-refractivity contribution in [1.29, 1.82) is 0 Å². The Kier molecular flexibility index (Phi) is 10.9. The third-order valence-electron chi connectivity index (χ3n) is 7.47. The van der Waals surface area contributed by atoms with E-state index in [1.165, 1.54) is 24.1 Å². The van der Waals surface area contributed by atoms with Gasteiger partial charge < -0.3 is 15.0 Å². The first kappa shape index (κ1) is 34.2. The van der Waals surface area contributed by atoms with Crippen LogP contribution in [0.1, 0.15) is 43.0 Å². The summed E-state index contributed by atoms with van der Waals surface area (Å²) in [7, 11) is -2.71. The van der Waals surface area contributed by atoms with Crippen LogP contribution in [-0.2, 0) is 32.6 Å². The maximum atomic E-state index is 14.6. The number of carbonyl (C=O) groups is 2. The molecule has 0 heterocycles. The molecule has 0 bridgehead atoms. The molecule has 9 heteroatoms. The molecular formula is C37H43N3O5S. The molecule has 0 aliphatic carbocycles. The van der Waals surface area contributed by atoms with Crippen molar-refractivity contribution in [2.24, 2.45) is 0 Å². The van der Waals surface area contributed by atoms with Crippen LogP contribution in [0.2, 0.25) is 0 Å². The average molecular weight is 642 g/mol. The van der Waals surface area contributed by atoms with Crippen LogP contribution in [0.4, 0.5) is 5.69 Å². The summed E-state index contributed by atoms with van der Waals surface area (Å²) in [6.45, 7) is 9.07. The summed E-state index contributed by atoms with van der Waals surface area (Å²) in [5.74, 6) is -0.410. The fraction of sp³-hybridized carbons (Fsp3) is 0.297. The van der Waals surface area contributed by atoms with Gasteiger partial charge in [0.15, 0.2) is 0 Å². The summed E-state index contributed by atoms with van der Waals surface area (Å²) in [6, 6.07) is 29.4. The first-order valence-electron chi connectivity index (χ1n) is 15.2. The largest absolute Gasteiger partial charge is 0.497 e. The molecule has 0 aromatic heterocycles. The Labute approximate surface area is 273 Å². The molecule has 0 saturated carbocycles. The van der Waals surface area contributed by atoms with Gasteiger partial charge in [0, 0.05) is 24.6 Å². The van der Waals surface area contributed by atoms with E-state index in [2.05, 4.69) is 5.32 Å². The number of benzene rings is 4. The molecule has 0 fully saturated rings. The van der Waals surface area contributed by atoms with Gasteiger partial charge in [0.1, 0.15) is 18.3 Å². The standard InChI is InChI=1S/C37H43N3O5S/c1-27-15-19-30(20-16-27)25-39(34(36(42)38-37(3,4)5)23-29-11-8-7-9-12-29)35(41)26-40(31-13-10-14-32(24-31)45-6)46(43,44)33-21-17-28(2)18-22-33/h7-22,24,34H,23,25-26H2,1-6H3,(H,38,42)/t34-/m0/s1. The van der Waals surface area contributed by atoms with Crippen LogP contribution in [0.3, 0.4) is 0 Å². The van der Waals surface area contributed by atoms with E-state index in [1.807, 2.05) is 89.2 Å². The van der Waals surface area contributed by atoms with Crippen LogP contribution in [0.5, 0.6) is 5.75 Å². The molecule has 0 spiro atoms. The molecule has 4 aromatic rings. The normalized spacial score (nSPS) is 12.2. The van der Waals surface area contributed by atoms with Crippen LogP contribution in [0.25, 0.3) is 0 Å². The number of anilines is 1. The summed E-state index contributed by atoms with van der Waals surface area (Å²) in [5, 5.41) is 3.05. The van der Waals surface area contributed by atoms with E-state index >= 15 is 0 Å². The van der Waals surface area contributed by atoms with Gasteiger partial charge in [0.2, 0.25) is 11.8 Å². The summed E-state index contributed by atoms with van der Waals surface area (Å²) < 4.78 is 34.9. The monoisotopic (exact) mass is 641 g/mol. The van der Waals surface area contributed by atoms with Crippen LogP contribution < -0.4 is 14.4 Å². The highest BCUT2D eigenvalue weighted by molar-refractivity contribution is 7.92. The molecule has 4 aromatic carbocycles. The van der Waals surface area contributed by atoms with E-state index in [0.29, 0.717) is 5.75 Å². The Morgan fingerprint density at radius 3 is 2.00 bits per heavy atom. The third-order valence-corrected chi connectivity index (χ3v) is 9.26. The van der Waals surface area contributed by atoms with Gasteiger partial charge in [0.25, 0.3) is 10.0 Å². The first-order chi connectivity index (χ1) is 21.8. The molecule has 0 aliphatic rings. The van der Waals surface area contributed by atoms with Crippen molar-refractivity contribution >= 4 is 27.5 Å². The maximum Gasteiger partial charge on any atom is 0.264 e. The fourth-order valence-corrected chi connectivity index (χ4v) is 6.43. The van der Waals surface area contributed by atoms with Gasteiger partial charge in [-0.15, -0.1) is 0 Å². The Morgan fingerprint density at radius 1 is 0.804 bits per heavy atom. The Hall–Kier alpha value is -4.63. The number of hydrogen-bond donors (Lipinski definition) is 1. The molecule has 46 heavy (non-hydrogen) atoms. The Bertz CT molecular complexity index is 1730. The van der Waals surface area contributed by atoms with E-state index in [0.717, 1.165) is 26.6 Å². The maximum absolute atomic E-state index is 14.6. The average Bonchev–Trinajstić information content (AvgIpc) is 3.02. The number of sulfonamides is 1. The van der Waals surface area contributed by atoms with Gasteiger partial charge >= 0.3 is 0 Å². The summed E-state index contributed by atoms with van der Waals surface area (Å²) >= 11 is 0. The number of nitrogens with zero attached hydrogens (tertiary/aromatic N) is 2. The number of methoxy groups -OCH3 is 1. The minimum Gasteiger partial charge on any atom is -0.497 e. The lowest BCUT2D eigenvalue weighted by molar-refractivity contribution is -0.140. The van der Waals surface area contributed by atoms with Crippen molar-refractivity contribution < 1.29 is 22.7 Å². The lowest BCUT2D eigenvalue weighted by Crippen LogP contribution is -2.56. The lowest BCUT2D eigenvalue weighted by atomic mass is 10.0. The Morgan fingerprint density at radius 2 is 1.41 bits per heavy atom. The molecular weight excluding hydrogens is 598 g/mol. The number of carbonyl (C=O) groups excluding carboxylic acids is 2. The van der Waals surface area contributed by atoms with Gasteiger partial charge in [0.05, 0.1) is 17.7 Å². The topological polar surface area (TPSA) is 96.0 Å². The van der Waals surface area contributed by atoms with Gasteiger partial charge in [-0.05, 0) is 70.0 Å². The van der Waals surface area contributed by atoms with E-state index < -0.39 is 34.1 Å². The van der Waals surface area contributed by atoms with E-state index in [4.69, 9.17) is 4.74 Å². The van der Waals surface area contributed by atoms with Crippen molar-refractivity contribution in [3.63, 3.8) is 0 Å². The number of amides is 2. The highest BCUT2D eigenvalue weighted by atomic mass is 32.2. The van der Waals surface area contributed by atoms with Gasteiger partial charge in [-0.1, -0.05) is 83.9 Å². The van der Waals surface area contributed by atoms with Crippen LogP contribution in [-0.4, -0.2) is 50.4 Å². The minimum absolute atomic E-state index is 0.0464. The minimum atomic E-state index is -4.21. The molecule has 0 unspecified atom stereocenters. The van der Waals surface area contributed by atoms with Crippen LogP contribution in [0.15, 0.2) is 108 Å². The Balaban J connectivity index is 1.83. The second-order valence-electron chi connectivity index (χ2n) is 12.5. The fourth-order valence-electron chi connectivity index (χ4n) is 5.03. The van der Waals surface area contributed by atoms with E-state index in [1.54, 1.807) is 36.4 Å². The zero-order valence-electron chi connectivity index (χ0n) is 27.4. The van der Waals surface area contributed by atoms with Crippen molar-refractivity contribution in [3.05, 3.63) is 125 Å². The molecule has 0 radical (unpaired) electrons. The molecule has 242 valence electrons. The highest BCUT2D eigenvalue weighted by Gasteiger charge is 2.35. The predicted molar refractivity (Wildman–Crippen MR) is 182 cm³/mol. The molecule has 0 aliphatic heterocycles. The molecule has 8 nitrogen and oxygen atoms in total. The molecule has 4 rings (SSSR count). The molecule has 1 atom stereocenters. The quantitative estimate of drug-likeness (QED) is 0.203. The predicted octanol–water partition coefficient (Wildman–Crippen LogP) is 6.06. The van der Waals surface area contributed by atoms with Gasteiger partial charge in [-0.25, -0.2) is 8.42 Å². The van der Waals surface area contributed by atoms with Gasteiger partial charge in [-0.2, -0.15) is 0 Å². The highest BCUT2D eigenvalue weighted by Crippen LogP contribution is 2.28. The second kappa shape index (κ2) is 14.6. The second-order valence-corrected chi connectivity index (χ2v) is 14.3. The number of ether oxygens (including phenoxy) is 1. The van der Waals surface area contributed by atoms with Gasteiger partial charge in [-0.3, -0.25) is 13.9 Å². The van der Waals surface area contributed by atoms with Crippen LogP contribution >= 0.6 is 0 Å². The SMILES string of the molecule is COc1cccc(N(CC(=O)N(Cc2ccc(C)cc2)[C@@H](Cc2ccccc2)C(=O)NC(C)(C)C)S(=O)(=O)c2ccc(C)cc2)c1. The number of rotatable bonds is 12. The molecule has 1 N–H and O–H groups in total.